The molecule has 1 aromatic carbocycles. The Morgan fingerprint density at radius 1 is 1.26 bits per heavy atom. The molecule has 6 heteroatoms. The molecule has 1 heterocycles. The zero-order valence-corrected chi connectivity index (χ0v) is 12.1. The van der Waals surface area contributed by atoms with Gasteiger partial charge in [-0.3, -0.25) is 10.1 Å². The highest BCUT2D eigenvalue weighted by molar-refractivity contribution is 9.10. The Labute approximate surface area is 119 Å². The third-order valence-electron chi connectivity index (χ3n) is 2.71. The van der Waals surface area contributed by atoms with Crippen LogP contribution in [0.3, 0.4) is 0 Å². The number of nitrogens with one attached hydrogen (secondary N) is 1. The van der Waals surface area contributed by atoms with Crippen LogP contribution in [0.2, 0.25) is 0 Å². The molecule has 1 N–H and O–H groups in total. The van der Waals surface area contributed by atoms with E-state index in [0.29, 0.717) is 17.1 Å². The van der Waals surface area contributed by atoms with Crippen molar-refractivity contribution in [2.75, 3.05) is 5.32 Å². The number of anilines is 2. The van der Waals surface area contributed by atoms with Crippen molar-refractivity contribution in [1.29, 1.82) is 0 Å². The summed E-state index contributed by atoms with van der Waals surface area (Å²) in [5.41, 5.74) is 2.34. The predicted molar refractivity (Wildman–Crippen MR) is 77.8 cm³/mol. The van der Waals surface area contributed by atoms with E-state index < -0.39 is 0 Å². The summed E-state index contributed by atoms with van der Waals surface area (Å²) in [4.78, 5) is 14.7. The Hall–Kier alpha value is -1.95. The summed E-state index contributed by atoms with van der Waals surface area (Å²) in [6.45, 7) is 3.63. The molecule has 0 saturated heterocycles. The number of nitro groups is 1. The van der Waals surface area contributed by atoms with Crippen molar-refractivity contribution >= 4 is 33.1 Å². The van der Waals surface area contributed by atoms with Gasteiger partial charge in [0.25, 0.3) is 5.69 Å². The average molecular weight is 322 g/mol. The summed E-state index contributed by atoms with van der Waals surface area (Å²) >= 11 is 3.34. The number of halogens is 1. The van der Waals surface area contributed by atoms with Gasteiger partial charge in [-0.1, -0.05) is 6.07 Å². The molecule has 98 valence electrons. The van der Waals surface area contributed by atoms with E-state index in [2.05, 4.69) is 26.2 Å². The number of nitrogens with zero attached hydrogens (tertiary/aromatic N) is 2. The first-order valence-corrected chi connectivity index (χ1v) is 6.41. The van der Waals surface area contributed by atoms with Gasteiger partial charge in [0.1, 0.15) is 5.82 Å². The SMILES string of the molecule is Cc1ccc(Nc2ncc(Br)cc2C)cc1[N+](=O)[O-]. The van der Waals surface area contributed by atoms with Crippen molar-refractivity contribution in [2.24, 2.45) is 0 Å². The number of hydrogen-bond donors (Lipinski definition) is 1. The summed E-state index contributed by atoms with van der Waals surface area (Å²) in [6.07, 6.45) is 1.68. The molecule has 2 aromatic rings. The van der Waals surface area contributed by atoms with Gasteiger partial charge in [-0.05, 0) is 47.5 Å². The number of hydrogen-bond acceptors (Lipinski definition) is 4. The molecular formula is C13H12BrN3O2. The van der Waals surface area contributed by atoms with Gasteiger partial charge in [0.05, 0.1) is 4.92 Å². The number of aryl methyl sites for hydroxylation is 2. The zero-order chi connectivity index (χ0) is 14.0. The standard InChI is InChI=1S/C13H12BrN3O2/c1-8-3-4-11(6-12(8)17(18)19)16-13-9(2)5-10(14)7-15-13/h3-7H,1-2H3,(H,15,16). The van der Waals surface area contributed by atoms with Gasteiger partial charge in [-0.25, -0.2) is 4.98 Å². The van der Waals surface area contributed by atoms with Crippen LogP contribution in [0, 0.1) is 24.0 Å². The van der Waals surface area contributed by atoms with Gasteiger partial charge >= 0.3 is 0 Å². The largest absolute Gasteiger partial charge is 0.340 e. The van der Waals surface area contributed by atoms with Crippen molar-refractivity contribution in [3.05, 3.63) is 56.2 Å². The maximum Gasteiger partial charge on any atom is 0.274 e. The topological polar surface area (TPSA) is 68.1 Å². The molecule has 0 aliphatic heterocycles. The normalized spacial score (nSPS) is 10.3. The molecule has 0 spiro atoms. The van der Waals surface area contributed by atoms with E-state index in [0.717, 1.165) is 10.0 Å². The second-order valence-corrected chi connectivity index (χ2v) is 5.12. The van der Waals surface area contributed by atoms with Gasteiger partial charge in [-0.15, -0.1) is 0 Å². The predicted octanol–water partition coefficient (Wildman–Crippen LogP) is 4.11. The number of pyridine rings is 1. The molecule has 2 rings (SSSR count). The molecule has 0 saturated carbocycles. The minimum atomic E-state index is -0.387. The number of benzene rings is 1. The van der Waals surface area contributed by atoms with Gasteiger partial charge in [-0.2, -0.15) is 0 Å². The fourth-order valence-corrected chi connectivity index (χ4v) is 2.14. The van der Waals surface area contributed by atoms with E-state index in [1.54, 1.807) is 25.3 Å². The van der Waals surface area contributed by atoms with Crippen LogP contribution in [0.1, 0.15) is 11.1 Å². The van der Waals surface area contributed by atoms with E-state index in [-0.39, 0.29) is 10.6 Å². The molecule has 19 heavy (non-hydrogen) atoms. The number of rotatable bonds is 3. The van der Waals surface area contributed by atoms with Crippen LogP contribution in [0.5, 0.6) is 0 Å². The molecule has 0 bridgehead atoms. The van der Waals surface area contributed by atoms with Gasteiger partial charge in [0.15, 0.2) is 0 Å². The highest BCUT2D eigenvalue weighted by Gasteiger charge is 2.11. The third-order valence-corrected chi connectivity index (χ3v) is 3.15. The van der Waals surface area contributed by atoms with Crippen molar-refractivity contribution in [2.45, 2.75) is 13.8 Å². The lowest BCUT2D eigenvalue weighted by Crippen LogP contribution is -1.98. The second-order valence-electron chi connectivity index (χ2n) is 4.20. The molecule has 0 unspecified atom stereocenters. The summed E-state index contributed by atoms with van der Waals surface area (Å²) in [7, 11) is 0. The molecule has 0 fully saturated rings. The van der Waals surface area contributed by atoms with Gasteiger partial charge < -0.3 is 5.32 Å². The van der Waals surface area contributed by atoms with Gasteiger partial charge in [0, 0.05) is 28.0 Å². The quantitative estimate of drug-likeness (QED) is 0.682. The van der Waals surface area contributed by atoms with Crippen LogP contribution in [0.4, 0.5) is 17.2 Å². The van der Waals surface area contributed by atoms with Crippen LogP contribution in [-0.2, 0) is 0 Å². The van der Waals surface area contributed by atoms with E-state index in [9.17, 15) is 10.1 Å². The van der Waals surface area contributed by atoms with Crippen LogP contribution in [-0.4, -0.2) is 9.91 Å². The van der Waals surface area contributed by atoms with Gasteiger partial charge in [0.2, 0.25) is 0 Å². The maximum atomic E-state index is 10.9. The molecule has 0 amide bonds. The zero-order valence-electron chi connectivity index (χ0n) is 10.5. The average Bonchev–Trinajstić information content (AvgIpc) is 2.34. The molecular weight excluding hydrogens is 310 g/mol. The lowest BCUT2D eigenvalue weighted by Gasteiger charge is -2.09. The van der Waals surface area contributed by atoms with Crippen molar-refractivity contribution in [1.82, 2.24) is 4.98 Å². The second kappa shape index (κ2) is 5.36. The van der Waals surface area contributed by atoms with E-state index >= 15 is 0 Å². The van der Waals surface area contributed by atoms with Crippen LogP contribution in [0.25, 0.3) is 0 Å². The van der Waals surface area contributed by atoms with E-state index in [4.69, 9.17) is 0 Å². The molecule has 0 aliphatic carbocycles. The van der Waals surface area contributed by atoms with Crippen LogP contribution >= 0.6 is 15.9 Å². The highest BCUT2D eigenvalue weighted by Crippen LogP contribution is 2.26. The Kier molecular flexibility index (Phi) is 3.80. The Balaban J connectivity index is 2.33. The minimum Gasteiger partial charge on any atom is -0.340 e. The monoisotopic (exact) mass is 321 g/mol. The van der Waals surface area contributed by atoms with Crippen molar-refractivity contribution < 1.29 is 4.92 Å². The fraction of sp³-hybridized carbons (Fsp3) is 0.154. The van der Waals surface area contributed by atoms with Crippen molar-refractivity contribution in [3.63, 3.8) is 0 Å². The lowest BCUT2D eigenvalue weighted by atomic mass is 10.2. The van der Waals surface area contributed by atoms with Crippen molar-refractivity contribution in [3.8, 4) is 0 Å². The Morgan fingerprint density at radius 3 is 2.63 bits per heavy atom. The lowest BCUT2D eigenvalue weighted by molar-refractivity contribution is -0.385. The first kappa shape index (κ1) is 13.5. The first-order valence-electron chi connectivity index (χ1n) is 5.61. The third kappa shape index (κ3) is 3.08. The Bertz CT molecular complexity index is 644. The first-order chi connectivity index (χ1) is 8.97. The highest BCUT2D eigenvalue weighted by atomic mass is 79.9. The molecule has 5 nitrogen and oxygen atoms in total. The molecule has 0 radical (unpaired) electrons. The Morgan fingerprint density at radius 2 is 2.00 bits per heavy atom. The van der Waals surface area contributed by atoms with E-state index in [1.807, 2.05) is 13.0 Å². The summed E-state index contributed by atoms with van der Waals surface area (Å²) in [5, 5.41) is 14.0. The molecule has 1 aromatic heterocycles. The number of nitro benzene ring substituents is 1. The number of aromatic nitrogens is 1. The minimum absolute atomic E-state index is 0.0970. The van der Waals surface area contributed by atoms with Crippen LogP contribution < -0.4 is 5.32 Å². The van der Waals surface area contributed by atoms with Crippen LogP contribution in [0.15, 0.2) is 34.9 Å². The summed E-state index contributed by atoms with van der Waals surface area (Å²) < 4.78 is 0.894. The summed E-state index contributed by atoms with van der Waals surface area (Å²) in [5.74, 6) is 0.682. The molecule has 0 atom stereocenters. The molecule has 0 aliphatic rings. The summed E-state index contributed by atoms with van der Waals surface area (Å²) in [6, 6.07) is 6.95. The van der Waals surface area contributed by atoms with E-state index in [1.165, 1.54) is 6.07 Å². The maximum absolute atomic E-state index is 10.9. The smallest absolute Gasteiger partial charge is 0.274 e. The fourth-order valence-electron chi connectivity index (χ4n) is 1.69.